The van der Waals surface area contributed by atoms with Crippen LogP contribution < -0.4 is 0 Å². The van der Waals surface area contributed by atoms with E-state index >= 15 is 0 Å². The van der Waals surface area contributed by atoms with E-state index in [1.807, 2.05) is 0 Å². The zero-order valence-corrected chi connectivity index (χ0v) is 15.1. The zero-order valence-electron chi connectivity index (χ0n) is 15.1. The van der Waals surface area contributed by atoms with Gasteiger partial charge in [0.15, 0.2) is 12.6 Å². The maximum Gasteiger partial charge on any atom is 0.157 e. The van der Waals surface area contributed by atoms with Crippen molar-refractivity contribution in [3.63, 3.8) is 0 Å². The minimum Gasteiger partial charge on any atom is -0.368 e. The third-order valence-electron chi connectivity index (χ3n) is 6.39. The third kappa shape index (κ3) is 5.42. The van der Waals surface area contributed by atoms with Crippen LogP contribution in [0.25, 0.3) is 0 Å². The molecule has 0 aromatic heterocycles. The lowest BCUT2D eigenvalue weighted by molar-refractivity contribution is -0.203. The molecule has 0 aromatic rings. The van der Waals surface area contributed by atoms with Crippen molar-refractivity contribution in [2.75, 3.05) is 0 Å². The van der Waals surface area contributed by atoms with Gasteiger partial charge in [0.05, 0.1) is 12.2 Å². The van der Waals surface area contributed by atoms with Crippen LogP contribution >= 0.6 is 0 Å². The molecule has 3 aliphatic rings. The summed E-state index contributed by atoms with van der Waals surface area (Å²) in [5.74, 6) is 0.668. The monoisotopic (exact) mass is 340 g/mol. The van der Waals surface area contributed by atoms with Crippen LogP contribution in [0.15, 0.2) is 0 Å². The summed E-state index contributed by atoms with van der Waals surface area (Å²) in [5.41, 5.74) is 0. The fourth-order valence-electron chi connectivity index (χ4n) is 4.76. The van der Waals surface area contributed by atoms with Crippen LogP contribution in [-0.2, 0) is 9.47 Å². The number of rotatable bonds is 6. The number of aliphatic hydroxyl groups is 2. The lowest BCUT2D eigenvalue weighted by Gasteiger charge is -2.35. The molecule has 0 aromatic carbocycles. The van der Waals surface area contributed by atoms with Crippen LogP contribution in [0.3, 0.4) is 0 Å². The average Bonchev–Trinajstić information content (AvgIpc) is 2.65. The average molecular weight is 341 g/mol. The molecule has 3 rings (SSSR count). The first-order valence-corrected chi connectivity index (χ1v) is 10.4. The van der Waals surface area contributed by atoms with Gasteiger partial charge in [-0.1, -0.05) is 38.5 Å². The molecule has 2 atom stereocenters. The van der Waals surface area contributed by atoms with Crippen molar-refractivity contribution in [2.24, 2.45) is 11.8 Å². The molecule has 140 valence electrons. The molecule has 3 fully saturated rings. The Bertz CT molecular complexity index is 308. The van der Waals surface area contributed by atoms with E-state index in [0.717, 1.165) is 51.4 Å². The van der Waals surface area contributed by atoms with Gasteiger partial charge in [0.2, 0.25) is 0 Å². The molecule has 0 heterocycles. The summed E-state index contributed by atoms with van der Waals surface area (Å²) in [4.78, 5) is 0. The van der Waals surface area contributed by atoms with Crippen molar-refractivity contribution in [3.05, 3.63) is 0 Å². The topological polar surface area (TPSA) is 58.9 Å². The van der Waals surface area contributed by atoms with Gasteiger partial charge in [0, 0.05) is 11.8 Å². The van der Waals surface area contributed by atoms with Crippen molar-refractivity contribution >= 4 is 0 Å². The standard InChI is InChI=1S/C20H36O4/c21-19(15-7-3-1-4-8-15)23-17-11-13-18(14-12-17)24-20(22)16-9-5-2-6-10-16/h15-22H,1-14H2. The summed E-state index contributed by atoms with van der Waals surface area (Å²) in [6, 6.07) is 0. The van der Waals surface area contributed by atoms with Crippen LogP contribution in [0.2, 0.25) is 0 Å². The van der Waals surface area contributed by atoms with E-state index in [1.165, 1.54) is 38.5 Å². The quantitative estimate of drug-likeness (QED) is 0.714. The molecule has 24 heavy (non-hydrogen) atoms. The van der Waals surface area contributed by atoms with Gasteiger partial charge in [-0.3, -0.25) is 0 Å². The minimum atomic E-state index is -0.583. The van der Waals surface area contributed by atoms with Crippen LogP contribution in [0.1, 0.15) is 89.9 Å². The Morgan fingerprint density at radius 3 is 1.17 bits per heavy atom. The van der Waals surface area contributed by atoms with Crippen molar-refractivity contribution in [2.45, 2.75) is 115 Å². The Kier molecular flexibility index (Phi) is 7.38. The Hall–Kier alpha value is -0.160. The molecule has 0 bridgehead atoms. The fourth-order valence-corrected chi connectivity index (χ4v) is 4.76. The van der Waals surface area contributed by atoms with Crippen LogP contribution in [0.5, 0.6) is 0 Å². The Morgan fingerprint density at radius 2 is 0.833 bits per heavy atom. The van der Waals surface area contributed by atoms with E-state index in [-0.39, 0.29) is 12.2 Å². The highest BCUT2D eigenvalue weighted by atomic mass is 16.6. The highest BCUT2D eigenvalue weighted by molar-refractivity contribution is 4.77. The minimum absolute atomic E-state index is 0.161. The van der Waals surface area contributed by atoms with Gasteiger partial charge in [-0.05, 0) is 51.4 Å². The molecule has 0 radical (unpaired) electrons. The van der Waals surface area contributed by atoms with Crippen LogP contribution in [0.4, 0.5) is 0 Å². The van der Waals surface area contributed by atoms with Crippen LogP contribution in [-0.4, -0.2) is 35.0 Å². The highest BCUT2D eigenvalue weighted by Gasteiger charge is 2.31. The van der Waals surface area contributed by atoms with Gasteiger partial charge < -0.3 is 19.7 Å². The molecule has 0 amide bonds. The molecule has 0 aliphatic heterocycles. The van der Waals surface area contributed by atoms with Gasteiger partial charge in [-0.2, -0.15) is 0 Å². The number of hydrogen-bond acceptors (Lipinski definition) is 4. The van der Waals surface area contributed by atoms with Gasteiger partial charge >= 0.3 is 0 Å². The third-order valence-corrected chi connectivity index (χ3v) is 6.39. The molecule has 4 nitrogen and oxygen atoms in total. The summed E-state index contributed by atoms with van der Waals surface area (Å²) in [6.45, 7) is 0. The van der Waals surface area contributed by atoms with E-state index in [9.17, 15) is 10.2 Å². The maximum absolute atomic E-state index is 10.3. The first kappa shape index (κ1) is 18.6. The van der Waals surface area contributed by atoms with Gasteiger partial charge in [-0.25, -0.2) is 0 Å². The molecular weight excluding hydrogens is 304 g/mol. The fraction of sp³-hybridized carbons (Fsp3) is 1.00. The number of aliphatic hydroxyl groups excluding tert-OH is 2. The second-order valence-corrected chi connectivity index (χ2v) is 8.25. The second kappa shape index (κ2) is 9.51. The van der Waals surface area contributed by atoms with E-state index in [1.54, 1.807) is 0 Å². The maximum atomic E-state index is 10.3. The summed E-state index contributed by atoms with van der Waals surface area (Å²) >= 11 is 0. The lowest BCUT2D eigenvalue weighted by atomic mass is 9.88. The summed E-state index contributed by atoms with van der Waals surface area (Å²) in [7, 11) is 0. The van der Waals surface area contributed by atoms with E-state index in [4.69, 9.17) is 9.47 Å². The predicted molar refractivity (Wildman–Crippen MR) is 93.4 cm³/mol. The Labute approximate surface area is 146 Å². The molecule has 0 spiro atoms. The molecule has 0 saturated heterocycles. The highest BCUT2D eigenvalue weighted by Crippen LogP contribution is 2.32. The first-order valence-electron chi connectivity index (χ1n) is 10.4. The molecule has 2 N–H and O–H groups in total. The summed E-state index contributed by atoms with van der Waals surface area (Å²) in [6.07, 6.45) is 14.8. The van der Waals surface area contributed by atoms with E-state index in [2.05, 4.69) is 0 Å². The normalized spacial score (nSPS) is 33.2. The van der Waals surface area contributed by atoms with Gasteiger partial charge in [-0.15, -0.1) is 0 Å². The predicted octanol–water partition coefficient (Wildman–Crippen LogP) is 4.13. The van der Waals surface area contributed by atoms with Crippen molar-refractivity contribution < 1.29 is 19.7 Å². The molecule has 2 unspecified atom stereocenters. The number of ether oxygens (including phenoxy) is 2. The largest absolute Gasteiger partial charge is 0.368 e. The van der Waals surface area contributed by atoms with Gasteiger partial charge in [0.1, 0.15) is 0 Å². The second-order valence-electron chi connectivity index (χ2n) is 8.25. The van der Waals surface area contributed by atoms with Gasteiger partial charge in [0.25, 0.3) is 0 Å². The Balaban J connectivity index is 1.34. The molecule has 4 heteroatoms. The smallest absolute Gasteiger partial charge is 0.157 e. The van der Waals surface area contributed by atoms with E-state index < -0.39 is 12.6 Å². The SMILES string of the molecule is OC(OC1CCC(OC(O)C2CCCCC2)CC1)C1CCCCC1. The van der Waals surface area contributed by atoms with E-state index in [0.29, 0.717) is 11.8 Å². The zero-order chi connectivity index (χ0) is 16.8. The number of hydrogen-bond donors (Lipinski definition) is 2. The van der Waals surface area contributed by atoms with Crippen molar-refractivity contribution in [1.29, 1.82) is 0 Å². The van der Waals surface area contributed by atoms with Crippen LogP contribution in [0, 0.1) is 11.8 Å². The van der Waals surface area contributed by atoms with Crippen molar-refractivity contribution in [3.8, 4) is 0 Å². The summed E-state index contributed by atoms with van der Waals surface area (Å²) < 4.78 is 11.9. The first-order chi connectivity index (χ1) is 11.7. The lowest BCUT2D eigenvalue weighted by Crippen LogP contribution is -2.36. The molecular formula is C20H36O4. The molecule has 3 aliphatic carbocycles. The molecule has 3 saturated carbocycles. The Morgan fingerprint density at radius 1 is 0.500 bits per heavy atom. The van der Waals surface area contributed by atoms with Crippen molar-refractivity contribution in [1.82, 2.24) is 0 Å². The summed E-state index contributed by atoms with van der Waals surface area (Å²) in [5, 5.41) is 20.6.